The van der Waals surface area contributed by atoms with Gasteiger partial charge in [-0.15, -0.1) is 0 Å². The minimum absolute atomic E-state index is 0.0178. The van der Waals surface area contributed by atoms with Crippen molar-refractivity contribution < 1.29 is 0 Å². The molecular weight excluding hydrogens is 242 g/mol. The fraction of sp³-hybridized carbons (Fsp3) is 0.368. The van der Waals surface area contributed by atoms with Gasteiger partial charge in [-0.3, -0.25) is 0 Å². The molecule has 1 heteroatoms. The molecule has 0 N–H and O–H groups in total. The number of unbranched alkanes of at least 4 members (excludes halogenated alkanes) is 1. The predicted molar refractivity (Wildman–Crippen MR) is 88.4 cm³/mol. The van der Waals surface area contributed by atoms with Gasteiger partial charge >= 0.3 is 0 Å². The highest BCUT2D eigenvalue weighted by molar-refractivity contribution is 5.94. The molecule has 3 rings (SSSR count). The first-order chi connectivity index (χ1) is 9.57. The first kappa shape index (κ1) is 13.2. The zero-order valence-electron chi connectivity index (χ0n) is 12.7. The van der Waals surface area contributed by atoms with Crippen LogP contribution in [0.15, 0.2) is 48.7 Å². The number of hydrogen-bond donors (Lipinski definition) is 0. The lowest BCUT2D eigenvalue weighted by atomic mass is 9.82. The van der Waals surface area contributed by atoms with Crippen molar-refractivity contribution in [3.63, 3.8) is 0 Å². The van der Waals surface area contributed by atoms with Crippen LogP contribution in [-0.4, -0.2) is 6.54 Å². The highest BCUT2D eigenvalue weighted by Crippen LogP contribution is 2.49. The smallest absolute Gasteiger partial charge is 0.0456 e. The third-order valence-corrected chi connectivity index (χ3v) is 4.61. The molecule has 2 aromatic carbocycles. The van der Waals surface area contributed by atoms with E-state index in [0.717, 1.165) is 6.54 Å². The van der Waals surface area contributed by atoms with Gasteiger partial charge in [0.2, 0.25) is 0 Å². The Morgan fingerprint density at radius 3 is 2.60 bits per heavy atom. The predicted octanol–water partition coefficient (Wildman–Crippen LogP) is 5.25. The van der Waals surface area contributed by atoms with E-state index in [9.17, 15) is 0 Å². The first-order valence-electron chi connectivity index (χ1n) is 7.56. The second kappa shape index (κ2) is 4.66. The van der Waals surface area contributed by atoms with E-state index in [1.54, 1.807) is 0 Å². The normalized spacial score (nSPS) is 16.8. The Labute approximate surface area is 121 Å². The van der Waals surface area contributed by atoms with Gasteiger partial charge in [0.1, 0.15) is 0 Å². The van der Waals surface area contributed by atoms with Crippen molar-refractivity contribution in [1.82, 2.24) is 0 Å². The third-order valence-electron chi connectivity index (χ3n) is 4.61. The molecule has 1 heterocycles. The number of benzene rings is 2. The Bertz CT molecular complexity index is 667. The molecule has 0 aliphatic carbocycles. The molecule has 0 spiro atoms. The van der Waals surface area contributed by atoms with E-state index in [4.69, 9.17) is 0 Å². The zero-order chi connectivity index (χ0) is 14.3. The SMILES string of the molecule is C=C1N(CCCC)c2ccc3ccccc3c2C1(C)C. The van der Waals surface area contributed by atoms with E-state index >= 15 is 0 Å². The van der Waals surface area contributed by atoms with Gasteiger partial charge < -0.3 is 4.90 Å². The molecule has 0 saturated heterocycles. The Morgan fingerprint density at radius 1 is 1.10 bits per heavy atom. The molecule has 0 fully saturated rings. The average Bonchev–Trinajstić information content (AvgIpc) is 2.65. The number of nitrogens with zero attached hydrogens (tertiary/aromatic N) is 1. The van der Waals surface area contributed by atoms with Crippen LogP contribution in [-0.2, 0) is 5.41 Å². The molecule has 0 atom stereocenters. The number of fused-ring (bicyclic) bond motifs is 3. The monoisotopic (exact) mass is 265 g/mol. The molecule has 2 aromatic rings. The van der Waals surface area contributed by atoms with Crippen molar-refractivity contribution in [2.75, 3.05) is 11.4 Å². The third kappa shape index (κ3) is 1.76. The van der Waals surface area contributed by atoms with Gasteiger partial charge in [0.05, 0.1) is 0 Å². The summed E-state index contributed by atoms with van der Waals surface area (Å²) < 4.78 is 0. The van der Waals surface area contributed by atoms with Crippen molar-refractivity contribution in [2.24, 2.45) is 0 Å². The second-order valence-electron chi connectivity index (χ2n) is 6.26. The van der Waals surface area contributed by atoms with Gasteiger partial charge in [-0.1, -0.05) is 64.1 Å². The Kier molecular flexibility index (Phi) is 3.08. The van der Waals surface area contributed by atoms with E-state index < -0.39 is 0 Å². The lowest BCUT2D eigenvalue weighted by Gasteiger charge is -2.25. The van der Waals surface area contributed by atoms with Crippen LogP contribution in [0.3, 0.4) is 0 Å². The Balaban J connectivity index is 2.22. The van der Waals surface area contributed by atoms with Gasteiger partial charge in [-0.25, -0.2) is 0 Å². The Hall–Kier alpha value is -1.76. The van der Waals surface area contributed by atoms with Crippen LogP contribution in [0.4, 0.5) is 5.69 Å². The number of anilines is 1. The van der Waals surface area contributed by atoms with Gasteiger partial charge in [0.15, 0.2) is 0 Å². The van der Waals surface area contributed by atoms with Crippen molar-refractivity contribution >= 4 is 16.5 Å². The van der Waals surface area contributed by atoms with E-state index in [1.165, 1.54) is 40.6 Å². The standard InChI is InChI=1S/C19H23N/c1-5-6-13-20-14(2)19(3,4)18-16-10-8-7-9-15(16)11-12-17(18)20/h7-12H,2,5-6,13H2,1,3-4H3. The van der Waals surface area contributed by atoms with Crippen molar-refractivity contribution in [2.45, 2.75) is 39.0 Å². The lowest BCUT2D eigenvalue weighted by Crippen LogP contribution is -2.26. The fourth-order valence-corrected chi connectivity index (χ4v) is 3.34. The quantitative estimate of drug-likeness (QED) is 0.732. The van der Waals surface area contributed by atoms with Crippen molar-refractivity contribution in [3.05, 3.63) is 54.2 Å². The average molecular weight is 265 g/mol. The topological polar surface area (TPSA) is 3.24 Å². The molecule has 0 unspecified atom stereocenters. The maximum absolute atomic E-state index is 4.39. The highest BCUT2D eigenvalue weighted by atomic mass is 15.2. The Morgan fingerprint density at radius 2 is 1.85 bits per heavy atom. The summed E-state index contributed by atoms with van der Waals surface area (Å²) in [7, 11) is 0. The van der Waals surface area contributed by atoms with E-state index in [1.807, 2.05) is 0 Å². The first-order valence-corrected chi connectivity index (χ1v) is 7.56. The molecule has 0 amide bonds. The van der Waals surface area contributed by atoms with Crippen molar-refractivity contribution in [1.29, 1.82) is 0 Å². The summed E-state index contributed by atoms with van der Waals surface area (Å²) in [6.07, 6.45) is 2.43. The van der Waals surface area contributed by atoms with Gasteiger partial charge in [0.25, 0.3) is 0 Å². The molecule has 1 aliphatic heterocycles. The van der Waals surface area contributed by atoms with Gasteiger partial charge in [-0.2, -0.15) is 0 Å². The molecule has 0 bridgehead atoms. The molecule has 1 aliphatic rings. The van der Waals surface area contributed by atoms with Crippen LogP contribution in [0.2, 0.25) is 0 Å². The minimum Gasteiger partial charge on any atom is -0.345 e. The van der Waals surface area contributed by atoms with E-state index in [2.05, 4.69) is 68.6 Å². The summed E-state index contributed by atoms with van der Waals surface area (Å²) in [5.74, 6) is 0. The summed E-state index contributed by atoms with van der Waals surface area (Å²) in [6.45, 7) is 12.3. The van der Waals surface area contributed by atoms with Crippen LogP contribution >= 0.6 is 0 Å². The molecule has 1 nitrogen and oxygen atoms in total. The number of rotatable bonds is 3. The van der Waals surface area contributed by atoms with Crippen LogP contribution in [0.5, 0.6) is 0 Å². The second-order valence-corrected chi connectivity index (χ2v) is 6.26. The fourth-order valence-electron chi connectivity index (χ4n) is 3.34. The summed E-state index contributed by atoms with van der Waals surface area (Å²) in [4.78, 5) is 2.42. The van der Waals surface area contributed by atoms with Crippen LogP contribution < -0.4 is 4.90 Å². The lowest BCUT2D eigenvalue weighted by molar-refractivity contribution is 0.631. The largest absolute Gasteiger partial charge is 0.345 e. The maximum atomic E-state index is 4.39. The van der Waals surface area contributed by atoms with Crippen LogP contribution in [0.25, 0.3) is 10.8 Å². The van der Waals surface area contributed by atoms with E-state index in [-0.39, 0.29) is 5.41 Å². The van der Waals surface area contributed by atoms with Crippen LogP contribution in [0, 0.1) is 0 Å². The summed E-state index contributed by atoms with van der Waals surface area (Å²) in [6, 6.07) is 13.2. The molecule has 0 saturated carbocycles. The number of hydrogen-bond acceptors (Lipinski definition) is 1. The summed E-state index contributed by atoms with van der Waals surface area (Å²) in [5, 5.41) is 2.69. The number of allylic oxidation sites excluding steroid dienone is 1. The minimum atomic E-state index is 0.0178. The highest BCUT2D eigenvalue weighted by Gasteiger charge is 2.39. The maximum Gasteiger partial charge on any atom is 0.0456 e. The zero-order valence-corrected chi connectivity index (χ0v) is 12.7. The molecule has 20 heavy (non-hydrogen) atoms. The van der Waals surface area contributed by atoms with Gasteiger partial charge in [-0.05, 0) is 28.8 Å². The van der Waals surface area contributed by atoms with E-state index in [0.29, 0.717) is 0 Å². The molecule has 0 aromatic heterocycles. The van der Waals surface area contributed by atoms with Crippen LogP contribution in [0.1, 0.15) is 39.2 Å². The van der Waals surface area contributed by atoms with Crippen molar-refractivity contribution in [3.8, 4) is 0 Å². The van der Waals surface area contributed by atoms with Gasteiger partial charge in [0, 0.05) is 23.3 Å². The molecular formula is C19H23N. The molecule has 104 valence electrons. The molecule has 0 radical (unpaired) electrons. The summed E-state index contributed by atoms with van der Waals surface area (Å²) >= 11 is 0. The summed E-state index contributed by atoms with van der Waals surface area (Å²) in [5.41, 5.74) is 4.05.